The van der Waals surface area contributed by atoms with Gasteiger partial charge in [0.1, 0.15) is 0 Å². The van der Waals surface area contributed by atoms with E-state index in [1.807, 2.05) is 0 Å². The Bertz CT molecular complexity index is 1670. The second kappa shape index (κ2) is 8.93. The van der Waals surface area contributed by atoms with Gasteiger partial charge in [0, 0.05) is 20.7 Å². The van der Waals surface area contributed by atoms with Gasteiger partial charge in [-0.2, -0.15) is 0 Å². The average molecular weight is 590 g/mol. The molecule has 4 aromatic rings. The summed E-state index contributed by atoms with van der Waals surface area (Å²) in [6, 6.07) is 26.1. The average Bonchev–Trinajstić information content (AvgIpc) is 3.57. The van der Waals surface area contributed by atoms with Gasteiger partial charge < -0.3 is 0 Å². The predicted octanol–water partition coefficient (Wildman–Crippen LogP) is 11.7. The molecule has 0 saturated carbocycles. The van der Waals surface area contributed by atoms with E-state index < -0.39 is 0 Å². The predicted molar refractivity (Wildman–Crippen MR) is 175 cm³/mol. The zero-order chi connectivity index (χ0) is 28.0. The molecule has 0 aromatic heterocycles. The number of hydrogen-bond acceptors (Lipinski definition) is 0. The van der Waals surface area contributed by atoms with E-state index in [1.165, 1.54) is 26.7 Å². The minimum Gasteiger partial charge on any atom is -0.0642 e. The molecule has 1 heteroatoms. The molecule has 3 aliphatic carbocycles. The number of hydrogen-bond donors (Lipinski definition) is 0. The quantitative estimate of drug-likeness (QED) is 0.210. The lowest BCUT2D eigenvalue weighted by molar-refractivity contribution is 0.473. The first-order valence-electron chi connectivity index (χ1n) is 15.7. The molecule has 0 saturated heterocycles. The summed E-state index contributed by atoms with van der Waals surface area (Å²) in [5, 5.41) is 0. The molecule has 0 bridgehead atoms. The van der Waals surface area contributed by atoms with Gasteiger partial charge in [0.2, 0.25) is 0 Å². The van der Waals surface area contributed by atoms with Crippen molar-refractivity contribution in [1.82, 2.24) is 0 Å². The van der Waals surface area contributed by atoms with Crippen LogP contribution in [0.15, 0.2) is 71.2 Å². The van der Waals surface area contributed by atoms with Gasteiger partial charge >= 0.3 is 0 Å². The summed E-state index contributed by atoms with van der Waals surface area (Å²) >= 11 is 3.88. The first kappa shape index (κ1) is 26.3. The lowest BCUT2D eigenvalue weighted by atomic mass is 9.65. The molecule has 0 aliphatic heterocycles. The van der Waals surface area contributed by atoms with E-state index in [0.717, 1.165) is 38.5 Å². The second-order valence-corrected chi connectivity index (χ2v) is 13.3. The molecule has 3 aliphatic rings. The summed E-state index contributed by atoms with van der Waals surface area (Å²) in [6.07, 6.45) is 6.70. The van der Waals surface area contributed by atoms with Gasteiger partial charge in [0.25, 0.3) is 0 Å². The highest BCUT2D eigenvalue weighted by Crippen LogP contribution is 2.70. The fraction of sp³-hybridized carbons (Fsp3) is 0.385. The van der Waals surface area contributed by atoms with Crippen molar-refractivity contribution in [3.05, 3.63) is 105 Å². The van der Waals surface area contributed by atoms with E-state index in [-0.39, 0.29) is 16.2 Å². The van der Waals surface area contributed by atoms with Crippen molar-refractivity contribution in [3.8, 4) is 33.4 Å². The van der Waals surface area contributed by atoms with E-state index in [2.05, 4.69) is 124 Å². The maximum Gasteiger partial charge on any atom is 0.0216 e. The number of rotatable bonds is 6. The molecule has 0 heterocycles. The number of fused-ring (bicyclic) bond motifs is 12. The molecular formula is C39H41Br. The highest BCUT2D eigenvalue weighted by Gasteiger charge is 2.56. The number of benzene rings is 4. The summed E-state index contributed by atoms with van der Waals surface area (Å²) in [6.45, 7) is 14.6. The monoisotopic (exact) mass is 588 g/mol. The zero-order valence-corrected chi connectivity index (χ0v) is 26.6. The Balaban J connectivity index is 1.81. The van der Waals surface area contributed by atoms with Crippen LogP contribution in [-0.4, -0.2) is 0 Å². The van der Waals surface area contributed by atoms with Gasteiger partial charge in [-0.1, -0.05) is 112 Å². The maximum atomic E-state index is 3.88. The Morgan fingerprint density at radius 3 is 1.20 bits per heavy atom. The first-order chi connectivity index (χ1) is 19.4. The van der Waals surface area contributed by atoms with Crippen LogP contribution >= 0.6 is 15.9 Å². The van der Waals surface area contributed by atoms with E-state index in [4.69, 9.17) is 0 Å². The molecule has 204 valence electrons. The molecule has 0 spiro atoms. The molecule has 0 amide bonds. The van der Waals surface area contributed by atoms with E-state index in [1.54, 1.807) is 44.5 Å². The molecule has 0 atom stereocenters. The van der Waals surface area contributed by atoms with Crippen LogP contribution in [0.25, 0.3) is 33.4 Å². The fourth-order valence-corrected chi connectivity index (χ4v) is 10.1. The molecule has 0 fully saturated rings. The normalized spacial score (nSPS) is 17.6. The van der Waals surface area contributed by atoms with Gasteiger partial charge in [0.15, 0.2) is 0 Å². The summed E-state index contributed by atoms with van der Waals surface area (Å²) in [5.41, 5.74) is 18.7. The lowest BCUT2D eigenvalue weighted by Gasteiger charge is -2.37. The van der Waals surface area contributed by atoms with Crippen molar-refractivity contribution in [2.75, 3.05) is 0 Å². The fourth-order valence-electron chi connectivity index (χ4n) is 9.72. The van der Waals surface area contributed by atoms with Crippen molar-refractivity contribution in [1.29, 1.82) is 0 Å². The van der Waals surface area contributed by atoms with E-state index >= 15 is 0 Å². The Morgan fingerprint density at radius 1 is 0.450 bits per heavy atom. The summed E-state index contributed by atoms with van der Waals surface area (Å²) in [5.74, 6) is 0. The Labute approximate surface area is 249 Å². The van der Waals surface area contributed by atoms with Gasteiger partial charge in [-0.25, -0.2) is 0 Å². The largest absolute Gasteiger partial charge is 0.0642 e. The Morgan fingerprint density at radius 2 is 0.800 bits per heavy atom. The van der Waals surface area contributed by atoms with Crippen LogP contribution < -0.4 is 0 Å². The molecule has 7 rings (SSSR count). The molecule has 0 N–H and O–H groups in total. The van der Waals surface area contributed by atoms with Gasteiger partial charge in [0.05, 0.1) is 0 Å². The molecule has 0 nitrogen and oxygen atoms in total. The van der Waals surface area contributed by atoms with Crippen LogP contribution in [0.4, 0.5) is 0 Å². The minimum absolute atomic E-state index is 0.000230. The molecular weight excluding hydrogens is 548 g/mol. The minimum atomic E-state index is 0.000230. The smallest absolute Gasteiger partial charge is 0.0216 e. The van der Waals surface area contributed by atoms with Crippen LogP contribution in [-0.2, 0) is 16.2 Å². The van der Waals surface area contributed by atoms with E-state index in [0.29, 0.717) is 0 Å². The third-order valence-corrected chi connectivity index (χ3v) is 12.2. The van der Waals surface area contributed by atoms with Crippen LogP contribution in [0.5, 0.6) is 0 Å². The second-order valence-electron chi connectivity index (χ2n) is 12.4. The van der Waals surface area contributed by atoms with Gasteiger partial charge in [-0.15, -0.1) is 0 Å². The highest BCUT2D eigenvalue weighted by atomic mass is 79.9. The third kappa shape index (κ3) is 2.79. The summed E-state index contributed by atoms with van der Waals surface area (Å²) in [4.78, 5) is 0. The molecule has 0 unspecified atom stereocenters. The summed E-state index contributed by atoms with van der Waals surface area (Å²) < 4.78 is 1.19. The van der Waals surface area contributed by atoms with Crippen molar-refractivity contribution < 1.29 is 0 Å². The molecule has 0 radical (unpaired) electrons. The number of halogens is 1. The first-order valence-corrected chi connectivity index (χ1v) is 16.5. The van der Waals surface area contributed by atoms with Crippen LogP contribution in [0.3, 0.4) is 0 Å². The van der Waals surface area contributed by atoms with Gasteiger partial charge in [-0.3, -0.25) is 0 Å². The highest BCUT2D eigenvalue weighted by molar-refractivity contribution is 9.10. The lowest BCUT2D eigenvalue weighted by Crippen LogP contribution is -2.29. The van der Waals surface area contributed by atoms with Crippen LogP contribution in [0.2, 0.25) is 0 Å². The maximum absolute atomic E-state index is 3.88. The zero-order valence-electron chi connectivity index (χ0n) is 25.0. The van der Waals surface area contributed by atoms with Crippen molar-refractivity contribution in [2.24, 2.45) is 0 Å². The van der Waals surface area contributed by atoms with Crippen LogP contribution in [0.1, 0.15) is 113 Å². The third-order valence-electron chi connectivity index (χ3n) is 11.7. The molecule has 4 aromatic carbocycles. The Kier molecular flexibility index (Phi) is 5.86. The van der Waals surface area contributed by atoms with Crippen molar-refractivity contribution in [2.45, 2.75) is 96.3 Å². The van der Waals surface area contributed by atoms with Crippen LogP contribution in [0, 0.1) is 0 Å². The molecule has 40 heavy (non-hydrogen) atoms. The van der Waals surface area contributed by atoms with Crippen molar-refractivity contribution in [3.63, 3.8) is 0 Å². The Hall–Kier alpha value is -2.64. The topological polar surface area (TPSA) is 0 Å². The van der Waals surface area contributed by atoms with E-state index in [9.17, 15) is 0 Å². The SMILES string of the molecule is CCC1(CC)c2ccccc2-c2c1c1c(c3c2C(CC)(CC)c2cc(Br)ccc2-3)C(CC)(CC)c2ccccc2-1. The summed E-state index contributed by atoms with van der Waals surface area (Å²) in [7, 11) is 0. The van der Waals surface area contributed by atoms with Crippen molar-refractivity contribution >= 4 is 15.9 Å². The van der Waals surface area contributed by atoms with Gasteiger partial charge in [-0.05, 0) is 117 Å². The standard InChI is InChI=1S/C39H41Br/c1-7-37(8-2)29-20-16-14-18-26(29)32-34(37)31-25-17-13-15-19-28(25)38(9-3,10-4)35(31)33-27-22-21-24(40)23-30(27)39(11-5,12-6)36(32)33/h13-23H,7-12H2,1-6H3.